The highest BCUT2D eigenvalue weighted by Crippen LogP contribution is 2.22. The van der Waals surface area contributed by atoms with E-state index in [4.69, 9.17) is 0 Å². The molecule has 0 bridgehead atoms. The van der Waals surface area contributed by atoms with Gasteiger partial charge in [0.15, 0.2) is 5.69 Å². The summed E-state index contributed by atoms with van der Waals surface area (Å²) in [5.74, 6) is -0.671. The van der Waals surface area contributed by atoms with Gasteiger partial charge in [-0.2, -0.15) is 0 Å². The van der Waals surface area contributed by atoms with Crippen LogP contribution in [0.3, 0.4) is 0 Å². The quantitative estimate of drug-likeness (QED) is 0.758. The maximum Gasteiger partial charge on any atom is 0.358 e. The molecule has 0 unspecified atom stereocenters. The monoisotopic (exact) mass is 298 g/mol. The fourth-order valence-electron chi connectivity index (χ4n) is 2.62. The molecular formula is C16H18N4O2. The molecule has 0 atom stereocenters. The van der Waals surface area contributed by atoms with Crippen molar-refractivity contribution in [2.45, 2.75) is 26.8 Å². The third-order valence-electron chi connectivity index (χ3n) is 3.61. The number of nitrogens with one attached hydrogen (secondary N) is 1. The number of aromatic amines is 1. The fraction of sp³-hybridized carbons (Fsp3) is 0.312. The van der Waals surface area contributed by atoms with Gasteiger partial charge in [0, 0.05) is 30.1 Å². The van der Waals surface area contributed by atoms with Crippen molar-refractivity contribution >= 4 is 16.9 Å². The van der Waals surface area contributed by atoms with Crippen molar-refractivity contribution in [1.29, 1.82) is 0 Å². The van der Waals surface area contributed by atoms with E-state index in [0.29, 0.717) is 24.6 Å². The van der Waals surface area contributed by atoms with Gasteiger partial charge in [0.2, 0.25) is 0 Å². The van der Waals surface area contributed by atoms with Crippen LogP contribution in [0.25, 0.3) is 10.9 Å². The third kappa shape index (κ3) is 2.59. The number of para-hydroxylation sites is 1. The average molecular weight is 298 g/mol. The number of carboxylic acids is 1. The number of benzene rings is 1. The Labute approximate surface area is 127 Å². The number of aromatic nitrogens is 4. The number of fused-ring (bicyclic) bond motifs is 1. The SMILES string of the molecule is CC(C)Cn1nnc(C(=O)O)c1Cc1c[nH]c2ccccc12. The summed E-state index contributed by atoms with van der Waals surface area (Å²) in [5.41, 5.74) is 2.76. The lowest BCUT2D eigenvalue weighted by atomic mass is 10.1. The summed E-state index contributed by atoms with van der Waals surface area (Å²) < 4.78 is 1.70. The minimum atomic E-state index is -1.04. The molecule has 6 heteroatoms. The number of hydrogen-bond donors (Lipinski definition) is 2. The standard InChI is InChI=1S/C16H18N4O2/c1-10(2)9-20-14(15(16(21)22)18-19-20)7-11-8-17-13-6-4-3-5-12(11)13/h3-6,8,10,17H,7,9H2,1-2H3,(H,21,22). The normalized spacial score (nSPS) is 11.4. The third-order valence-corrected chi connectivity index (χ3v) is 3.61. The van der Waals surface area contributed by atoms with Crippen LogP contribution in [0.1, 0.15) is 35.6 Å². The Kier molecular flexibility index (Phi) is 3.66. The summed E-state index contributed by atoms with van der Waals surface area (Å²) in [6.45, 7) is 4.78. The zero-order valence-electron chi connectivity index (χ0n) is 12.6. The van der Waals surface area contributed by atoms with E-state index in [1.807, 2.05) is 30.5 Å². The Morgan fingerprint density at radius 3 is 2.86 bits per heavy atom. The second kappa shape index (κ2) is 5.63. The highest BCUT2D eigenvalue weighted by atomic mass is 16.4. The Bertz CT molecular complexity index is 817. The van der Waals surface area contributed by atoms with Crippen LogP contribution in [0.5, 0.6) is 0 Å². The second-order valence-corrected chi connectivity index (χ2v) is 5.80. The number of carboxylic acid groups (broad SMARTS) is 1. The summed E-state index contributed by atoms with van der Waals surface area (Å²) >= 11 is 0. The minimum Gasteiger partial charge on any atom is -0.476 e. The lowest BCUT2D eigenvalue weighted by molar-refractivity contribution is 0.0689. The Balaban J connectivity index is 2.03. The number of hydrogen-bond acceptors (Lipinski definition) is 3. The molecule has 0 spiro atoms. The molecular weight excluding hydrogens is 280 g/mol. The molecule has 0 aliphatic rings. The van der Waals surface area contributed by atoms with E-state index in [-0.39, 0.29) is 5.69 Å². The van der Waals surface area contributed by atoms with Crippen molar-refractivity contribution in [2.24, 2.45) is 5.92 Å². The molecule has 0 aliphatic heterocycles. The lowest BCUT2D eigenvalue weighted by Gasteiger charge is -2.09. The van der Waals surface area contributed by atoms with Crippen molar-refractivity contribution < 1.29 is 9.90 Å². The summed E-state index contributed by atoms with van der Waals surface area (Å²) in [6.07, 6.45) is 2.41. The van der Waals surface area contributed by atoms with Crippen molar-refractivity contribution in [3.05, 3.63) is 47.4 Å². The molecule has 2 aromatic heterocycles. The van der Waals surface area contributed by atoms with Crippen molar-refractivity contribution in [2.75, 3.05) is 0 Å². The molecule has 6 nitrogen and oxygen atoms in total. The van der Waals surface area contributed by atoms with E-state index in [1.165, 1.54) is 0 Å². The molecule has 2 heterocycles. The van der Waals surface area contributed by atoms with Crippen molar-refractivity contribution in [3.63, 3.8) is 0 Å². The Morgan fingerprint density at radius 2 is 2.14 bits per heavy atom. The smallest absolute Gasteiger partial charge is 0.358 e. The van der Waals surface area contributed by atoms with Crippen LogP contribution < -0.4 is 0 Å². The molecule has 0 saturated carbocycles. The van der Waals surface area contributed by atoms with Gasteiger partial charge < -0.3 is 10.1 Å². The van der Waals surface area contributed by atoms with Crippen LogP contribution in [-0.4, -0.2) is 31.1 Å². The van der Waals surface area contributed by atoms with Gasteiger partial charge in [-0.25, -0.2) is 9.48 Å². The Hall–Kier alpha value is -2.63. The average Bonchev–Trinajstić information content (AvgIpc) is 3.04. The predicted octanol–water partition coefficient (Wildman–Crippen LogP) is 2.70. The molecule has 0 radical (unpaired) electrons. The number of aromatic carboxylic acids is 1. The van der Waals surface area contributed by atoms with Gasteiger partial charge in [0.05, 0.1) is 5.69 Å². The maximum atomic E-state index is 11.4. The van der Waals surface area contributed by atoms with Gasteiger partial charge in [-0.15, -0.1) is 5.10 Å². The van der Waals surface area contributed by atoms with E-state index in [0.717, 1.165) is 16.5 Å². The zero-order chi connectivity index (χ0) is 15.7. The lowest BCUT2D eigenvalue weighted by Crippen LogP contribution is -2.12. The molecule has 114 valence electrons. The zero-order valence-corrected chi connectivity index (χ0v) is 12.6. The van der Waals surface area contributed by atoms with Crippen LogP contribution in [0, 0.1) is 5.92 Å². The van der Waals surface area contributed by atoms with Crippen LogP contribution in [0.2, 0.25) is 0 Å². The van der Waals surface area contributed by atoms with Crippen LogP contribution in [-0.2, 0) is 13.0 Å². The first kappa shape index (κ1) is 14.3. The molecule has 22 heavy (non-hydrogen) atoms. The highest BCUT2D eigenvalue weighted by Gasteiger charge is 2.20. The predicted molar refractivity (Wildman–Crippen MR) is 82.9 cm³/mol. The molecule has 3 aromatic rings. The second-order valence-electron chi connectivity index (χ2n) is 5.80. The molecule has 0 amide bonds. The molecule has 3 rings (SSSR count). The van der Waals surface area contributed by atoms with Gasteiger partial charge in [-0.3, -0.25) is 0 Å². The number of H-pyrrole nitrogens is 1. The van der Waals surface area contributed by atoms with Gasteiger partial charge in [0.1, 0.15) is 0 Å². The maximum absolute atomic E-state index is 11.4. The summed E-state index contributed by atoms with van der Waals surface area (Å²) in [4.78, 5) is 14.6. The van der Waals surface area contributed by atoms with E-state index in [2.05, 4.69) is 29.1 Å². The molecule has 0 saturated heterocycles. The van der Waals surface area contributed by atoms with Gasteiger partial charge in [-0.1, -0.05) is 37.3 Å². The van der Waals surface area contributed by atoms with Crippen LogP contribution in [0.4, 0.5) is 0 Å². The van der Waals surface area contributed by atoms with E-state index in [1.54, 1.807) is 4.68 Å². The van der Waals surface area contributed by atoms with Crippen LogP contribution >= 0.6 is 0 Å². The topological polar surface area (TPSA) is 83.8 Å². The van der Waals surface area contributed by atoms with E-state index in [9.17, 15) is 9.90 Å². The number of carbonyl (C=O) groups is 1. The van der Waals surface area contributed by atoms with Gasteiger partial charge in [0.25, 0.3) is 0 Å². The molecule has 2 N–H and O–H groups in total. The first-order valence-corrected chi connectivity index (χ1v) is 7.27. The van der Waals surface area contributed by atoms with E-state index >= 15 is 0 Å². The fourth-order valence-corrected chi connectivity index (χ4v) is 2.62. The van der Waals surface area contributed by atoms with Crippen molar-refractivity contribution in [1.82, 2.24) is 20.0 Å². The van der Waals surface area contributed by atoms with E-state index < -0.39 is 5.97 Å². The minimum absolute atomic E-state index is 0.0333. The number of nitrogens with zero attached hydrogens (tertiary/aromatic N) is 3. The molecule has 1 aromatic carbocycles. The summed E-state index contributed by atoms with van der Waals surface area (Å²) in [5, 5.41) is 18.3. The Morgan fingerprint density at radius 1 is 1.36 bits per heavy atom. The molecule has 0 aliphatic carbocycles. The van der Waals surface area contributed by atoms with Gasteiger partial charge in [-0.05, 0) is 17.5 Å². The summed E-state index contributed by atoms with van der Waals surface area (Å²) in [6, 6.07) is 7.97. The summed E-state index contributed by atoms with van der Waals surface area (Å²) in [7, 11) is 0. The van der Waals surface area contributed by atoms with Gasteiger partial charge >= 0.3 is 5.97 Å². The van der Waals surface area contributed by atoms with Crippen LogP contribution in [0.15, 0.2) is 30.5 Å². The number of rotatable bonds is 5. The largest absolute Gasteiger partial charge is 0.476 e. The molecule has 0 fully saturated rings. The highest BCUT2D eigenvalue weighted by molar-refractivity contribution is 5.87. The first-order valence-electron chi connectivity index (χ1n) is 7.27. The first-order chi connectivity index (χ1) is 10.6. The van der Waals surface area contributed by atoms with Crippen molar-refractivity contribution in [3.8, 4) is 0 Å².